The van der Waals surface area contributed by atoms with Crippen molar-refractivity contribution in [2.75, 3.05) is 11.9 Å². The predicted molar refractivity (Wildman–Crippen MR) is 68.5 cm³/mol. The number of nitrogens with one attached hydrogen (secondary N) is 1. The number of carboxylic acids is 1. The van der Waals surface area contributed by atoms with Gasteiger partial charge < -0.3 is 10.4 Å². The van der Waals surface area contributed by atoms with E-state index in [0.717, 1.165) is 25.2 Å². The van der Waals surface area contributed by atoms with Crippen molar-refractivity contribution < 1.29 is 9.90 Å². The van der Waals surface area contributed by atoms with Gasteiger partial charge in [-0.3, -0.25) is 0 Å². The van der Waals surface area contributed by atoms with E-state index in [4.69, 9.17) is 5.11 Å². The minimum absolute atomic E-state index is 0.262. The number of hydrogen-bond acceptors (Lipinski definition) is 3. The number of aromatic carboxylic acids is 1. The first-order valence-corrected chi connectivity index (χ1v) is 6.03. The van der Waals surface area contributed by atoms with E-state index in [1.54, 1.807) is 19.1 Å². The zero-order chi connectivity index (χ0) is 12.8. The third kappa shape index (κ3) is 3.73. The second kappa shape index (κ2) is 6.23. The fourth-order valence-electron chi connectivity index (χ4n) is 1.71. The van der Waals surface area contributed by atoms with Crippen LogP contribution in [0.4, 0.5) is 5.82 Å². The second-order valence-corrected chi connectivity index (χ2v) is 4.20. The number of aryl methyl sites for hydroxylation is 1. The number of pyridine rings is 1. The molecule has 0 radical (unpaired) electrons. The molecular weight excluding hydrogens is 216 g/mol. The van der Waals surface area contributed by atoms with Crippen LogP contribution in [0, 0.1) is 12.8 Å². The molecule has 0 atom stereocenters. The maximum absolute atomic E-state index is 10.8. The standard InChI is InChI=1S/C13H20N2O2/c1-4-10(5-2)8-14-12-7-6-11(13(16)17)9(3)15-12/h6-7,10H,4-5,8H2,1-3H3,(H,14,15)(H,16,17). The van der Waals surface area contributed by atoms with Gasteiger partial charge in [0.05, 0.1) is 11.3 Å². The van der Waals surface area contributed by atoms with Gasteiger partial charge in [0.2, 0.25) is 0 Å². The van der Waals surface area contributed by atoms with Crippen LogP contribution in [0.5, 0.6) is 0 Å². The maximum atomic E-state index is 10.8. The molecule has 0 aliphatic heterocycles. The van der Waals surface area contributed by atoms with Crippen LogP contribution >= 0.6 is 0 Å². The summed E-state index contributed by atoms with van der Waals surface area (Å²) >= 11 is 0. The Kier molecular flexibility index (Phi) is 4.94. The van der Waals surface area contributed by atoms with Crippen molar-refractivity contribution in [2.24, 2.45) is 5.92 Å². The molecule has 0 fully saturated rings. The molecule has 17 heavy (non-hydrogen) atoms. The van der Waals surface area contributed by atoms with Crippen LogP contribution in [0.25, 0.3) is 0 Å². The summed E-state index contributed by atoms with van der Waals surface area (Å²) in [6.45, 7) is 6.93. The number of hydrogen-bond donors (Lipinski definition) is 2. The van der Waals surface area contributed by atoms with E-state index in [1.165, 1.54) is 0 Å². The molecule has 0 aromatic carbocycles. The Morgan fingerprint density at radius 3 is 2.53 bits per heavy atom. The second-order valence-electron chi connectivity index (χ2n) is 4.20. The summed E-state index contributed by atoms with van der Waals surface area (Å²) in [5.41, 5.74) is 0.810. The summed E-state index contributed by atoms with van der Waals surface area (Å²) in [6, 6.07) is 3.32. The number of carboxylic acid groups (broad SMARTS) is 1. The van der Waals surface area contributed by atoms with Gasteiger partial charge in [0, 0.05) is 6.54 Å². The van der Waals surface area contributed by atoms with Gasteiger partial charge in [0.15, 0.2) is 0 Å². The highest BCUT2D eigenvalue weighted by Crippen LogP contribution is 2.13. The fourth-order valence-corrected chi connectivity index (χ4v) is 1.71. The van der Waals surface area contributed by atoms with Crippen LogP contribution in [0.2, 0.25) is 0 Å². The molecule has 2 N–H and O–H groups in total. The third-order valence-corrected chi connectivity index (χ3v) is 3.04. The van der Waals surface area contributed by atoms with Gasteiger partial charge in [-0.05, 0) is 25.0 Å². The summed E-state index contributed by atoms with van der Waals surface area (Å²) in [4.78, 5) is 15.1. The SMILES string of the molecule is CCC(CC)CNc1ccc(C(=O)O)c(C)n1. The van der Waals surface area contributed by atoms with Crippen LogP contribution in [0.3, 0.4) is 0 Å². The Morgan fingerprint density at radius 2 is 2.06 bits per heavy atom. The molecule has 0 aliphatic rings. The fraction of sp³-hybridized carbons (Fsp3) is 0.538. The van der Waals surface area contributed by atoms with E-state index in [9.17, 15) is 4.79 Å². The lowest BCUT2D eigenvalue weighted by Gasteiger charge is -2.14. The molecule has 0 unspecified atom stereocenters. The highest BCUT2D eigenvalue weighted by molar-refractivity contribution is 5.89. The average Bonchev–Trinajstić information content (AvgIpc) is 2.30. The van der Waals surface area contributed by atoms with Gasteiger partial charge in [0.25, 0.3) is 0 Å². The molecule has 1 heterocycles. The van der Waals surface area contributed by atoms with Gasteiger partial charge in [-0.15, -0.1) is 0 Å². The Morgan fingerprint density at radius 1 is 1.41 bits per heavy atom. The Hall–Kier alpha value is -1.58. The van der Waals surface area contributed by atoms with Gasteiger partial charge in [-0.25, -0.2) is 9.78 Å². The zero-order valence-corrected chi connectivity index (χ0v) is 10.7. The molecule has 1 aromatic rings. The van der Waals surface area contributed by atoms with Gasteiger partial charge in [-0.1, -0.05) is 26.7 Å². The quantitative estimate of drug-likeness (QED) is 0.797. The zero-order valence-electron chi connectivity index (χ0n) is 10.7. The molecule has 4 nitrogen and oxygen atoms in total. The van der Waals surface area contributed by atoms with Crippen LogP contribution in [0.1, 0.15) is 42.7 Å². The lowest BCUT2D eigenvalue weighted by Crippen LogP contribution is -2.14. The molecule has 0 saturated carbocycles. The molecule has 0 bridgehead atoms. The number of carbonyl (C=O) groups is 1. The number of anilines is 1. The van der Waals surface area contributed by atoms with Crippen molar-refractivity contribution in [1.29, 1.82) is 0 Å². The molecule has 4 heteroatoms. The molecule has 94 valence electrons. The van der Waals surface area contributed by atoms with Crippen LogP contribution < -0.4 is 5.32 Å². The van der Waals surface area contributed by atoms with Crippen molar-refractivity contribution in [3.05, 3.63) is 23.4 Å². The van der Waals surface area contributed by atoms with E-state index < -0.39 is 5.97 Å². The van der Waals surface area contributed by atoms with Crippen molar-refractivity contribution in [1.82, 2.24) is 4.98 Å². The largest absolute Gasteiger partial charge is 0.478 e. The first kappa shape index (κ1) is 13.5. The number of aromatic nitrogens is 1. The smallest absolute Gasteiger partial charge is 0.337 e. The topological polar surface area (TPSA) is 62.2 Å². The third-order valence-electron chi connectivity index (χ3n) is 3.04. The van der Waals surface area contributed by atoms with Crippen molar-refractivity contribution in [3.8, 4) is 0 Å². The monoisotopic (exact) mass is 236 g/mol. The molecule has 0 aliphatic carbocycles. The predicted octanol–water partition coefficient (Wildman–Crippen LogP) is 2.94. The van der Waals surface area contributed by atoms with Gasteiger partial charge >= 0.3 is 5.97 Å². The van der Waals surface area contributed by atoms with Crippen molar-refractivity contribution in [3.63, 3.8) is 0 Å². The number of nitrogens with zero attached hydrogens (tertiary/aromatic N) is 1. The molecule has 1 rings (SSSR count). The average molecular weight is 236 g/mol. The number of rotatable bonds is 6. The first-order valence-electron chi connectivity index (χ1n) is 6.03. The summed E-state index contributed by atoms with van der Waals surface area (Å²) in [5.74, 6) is 0.456. The minimum atomic E-state index is -0.929. The molecule has 0 spiro atoms. The van der Waals surface area contributed by atoms with E-state index in [2.05, 4.69) is 24.1 Å². The Labute approximate surface area is 102 Å². The molecule has 1 aromatic heterocycles. The summed E-state index contributed by atoms with van der Waals surface area (Å²) in [5, 5.41) is 12.1. The van der Waals surface area contributed by atoms with E-state index in [0.29, 0.717) is 11.6 Å². The highest BCUT2D eigenvalue weighted by Gasteiger charge is 2.09. The molecule has 0 saturated heterocycles. The van der Waals surface area contributed by atoms with Gasteiger partial charge in [0.1, 0.15) is 5.82 Å². The lowest BCUT2D eigenvalue weighted by molar-refractivity contribution is 0.0695. The van der Waals surface area contributed by atoms with Gasteiger partial charge in [-0.2, -0.15) is 0 Å². The Bertz CT molecular complexity index is 387. The van der Waals surface area contributed by atoms with Crippen molar-refractivity contribution >= 4 is 11.8 Å². The van der Waals surface area contributed by atoms with Crippen LogP contribution in [-0.4, -0.2) is 22.6 Å². The van der Waals surface area contributed by atoms with E-state index in [-0.39, 0.29) is 5.56 Å². The van der Waals surface area contributed by atoms with Crippen LogP contribution in [-0.2, 0) is 0 Å². The van der Waals surface area contributed by atoms with E-state index in [1.807, 2.05) is 0 Å². The minimum Gasteiger partial charge on any atom is -0.478 e. The van der Waals surface area contributed by atoms with Crippen molar-refractivity contribution in [2.45, 2.75) is 33.6 Å². The summed E-state index contributed by atoms with van der Waals surface area (Å²) in [7, 11) is 0. The normalized spacial score (nSPS) is 10.6. The lowest BCUT2D eigenvalue weighted by atomic mass is 10.0. The highest BCUT2D eigenvalue weighted by atomic mass is 16.4. The summed E-state index contributed by atoms with van der Waals surface area (Å²) in [6.07, 6.45) is 2.27. The first-order chi connectivity index (χ1) is 8.08. The van der Waals surface area contributed by atoms with Crippen LogP contribution in [0.15, 0.2) is 12.1 Å². The summed E-state index contributed by atoms with van der Waals surface area (Å²) < 4.78 is 0. The molecular formula is C13H20N2O2. The maximum Gasteiger partial charge on any atom is 0.337 e. The Balaban J connectivity index is 2.67. The molecule has 0 amide bonds. The van der Waals surface area contributed by atoms with E-state index >= 15 is 0 Å².